The van der Waals surface area contributed by atoms with E-state index >= 15 is 0 Å². The highest BCUT2D eigenvalue weighted by atomic mass is 16.6. The van der Waals surface area contributed by atoms with Crippen LogP contribution in [0.1, 0.15) is 30.4 Å². The van der Waals surface area contributed by atoms with Crippen LogP contribution in [-0.2, 0) is 11.2 Å². The van der Waals surface area contributed by atoms with Crippen LogP contribution < -0.4 is 0 Å². The lowest BCUT2D eigenvalue weighted by molar-refractivity contribution is -0.385. The number of benzene rings is 1. The molecular weight excluding hydrogens is 322 g/mol. The number of likely N-dealkylation sites (tertiary alicyclic amines) is 1. The van der Waals surface area contributed by atoms with E-state index in [0.717, 1.165) is 31.4 Å². The number of rotatable bonds is 7. The zero-order valence-corrected chi connectivity index (χ0v) is 15.0. The van der Waals surface area contributed by atoms with Gasteiger partial charge in [-0.1, -0.05) is 12.1 Å². The molecule has 25 heavy (non-hydrogen) atoms. The molecule has 0 bridgehead atoms. The van der Waals surface area contributed by atoms with Gasteiger partial charge in [-0.05, 0) is 38.8 Å². The van der Waals surface area contributed by atoms with E-state index < -0.39 is 4.92 Å². The number of amides is 1. The highest BCUT2D eigenvalue weighted by Crippen LogP contribution is 2.23. The summed E-state index contributed by atoms with van der Waals surface area (Å²) in [6.45, 7) is 4.18. The molecule has 1 aliphatic rings. The highest BCUT2D eigenvalue weighted by Gasteiger charge is 2.25. The van der Waals surface area contributed by atoms with Crippen molar-refractivity contribution in [1.29, 1.82) is 0 Å². The molecule has 1 aromatic carbocycles. The van der Waals surface area contributed by atoms with Gasteiger partial charge in [0, 0.05) is 43.9 Å². The quantitative estimate of drug-likeness (QED) is 0.599. The Balaban J connectivity index is 1.91. The molecule has 1 saturated heterocycles. The standard InChI is InChI=1S/C18H27N3O4/c1-14-15(5-3-6-17(14)21(24)25)13-18(23)20-10-7-16(8-11-20)19(2)9-4-12-22/h3,5-6,16,22H,4,7-13H2,1-2H3. The summed E-state index contributed by atoms with van der Waals surface area (Å²) in [5.41, 5.74) is 1.36. The maximum absolute atomic E-state index is 12.6. The first-order chi connectivity index (χ1) is 11.9. The Morgan fingerprint density at radius 2 is 2.08 bits per heavy atom. The number of carbonyl (C=O) groups excluding carboxylic acids is 1. The average molecular weight is 349 g/mol. The lowest BCUT2D eigenvalue weighted by Gasteiger charge is -2.37. The molecule has 0 radical (unpaired) electrons. The molecule has 0 aliphatic carbocycles. The molecule has 1 amide bonds. The van der Waals surface area contributed by atoms with Gasteiger partial charge in [-0.2, -0.15) is 0 Å². The van der Waals surface area contributed by atoms with Crippen LogP contribution in [0.4, 0.5) is 5.69 Å². The third kappa shape index (κ3) is 4.99. The van der Waals surface area contributed by atoms with Crippen LogP contribution in [0.3, 0.4) is 0 Å². The molecule has 7 heteroatoms. The number of carbonyl (C=O) groups is 1. The minimum atomic E-state index is -0.406. The molecule has 2 rings (SSSR count). The van der Waals surface area contributed by atoms with Crippen LogP contribution in [-0.4, -0.2) is 65.1 Å². The van der Waals surface area contributed by atoms with Gasteiger partial charge in [0.15, 0.2) is 0 Å². The van der Waals surface area contributed by atoms with Gasteiger partial charge in [-0.25, -0.2) is 0 Å². The Morgan fingerprint density at radius 1 is 1.40 bits per heavy atom. The maximum Gasteiger partial charge on any atom is 0.272 e. The van der Waals surface area contributed by atoms with E-state index in [9.17, 15) is 14.9 Å². The second-order valence-corrected chi connectivity index (χ2v) is 6.66. The van der Waals surface area contributed by atoms with E-state index in [1.807, 2.05) is 4.90 Å². The molecule has 0 spiro atoms. The fourth-order valence-corrected chi connectivity index (χ4v) is 3.39. The van der Waals surface area contributed by atoms with Gasteiger partial charge in [-0.15, -0.1) is 0 Å². The van der Waals surface area contributed by atoms with Crippen LogP contribution in [0, 0.1) is 17.0 Å². The lowest BCUT2D eigenvalue weighted by Crippen LogP contribution is -2.46. The average Bonchev–Trinajstić information content (AvgIpc) is 2.61. The fraction of sp³-hybridized carbons (Fsp3) is 0.611. The smallest absolute Gasteiger partial charge is 0.272 e. The molecule has 1 fully saturated rings. The molecule has 0 aromatic heterocycles. The number of aliphatic hydroxyl groups excluding tert-OH is 1. The first kappa shape index (κ1) is 19.3. The molecule has 1 aromatic rings. The summed E-state index contributed by atoms with van der Waals surface area (Å²) in [6.07, 6.45) is 2.81. The van der Waals surface area contributed by atoms with Crippen molar-refractivity contribution >= 4 is 11.6 Å². The Hall–Kier alpha value is -1.99. The summed E-state index contributed by atoms with van der Waals surface area (Å²) < 4.78 is 0. The molecule has 138 valence electrons. The zero-order chi connectivity index (χ0) is 18.4. The van der Waals surface area contributed by atoms with Crippen molar-refractivity contribution in [2.24, 2.45) is 0 Å². The maximum atomic E-state index is 12.6. The number of nitro groups is 1. The van der Waals surface area contributed by atoms with Crippen LogP contribution in [0.5, 0.6) is 0 Å². The summed E-state index contributed by atoms with van der Waals surface area (Å²) in [6, 6.07) is 5.33. The van der Waals surface area contributed by atoms with E-state index in [1.165, 1.54) is 6.07 Å². The highest BCUT2D eigenvalue weighted by molar-refractivity contribution is 5.79. The monoisotopic (exact) mass is 349 g/mol. The van der Waals surface area contributed by atoms with Crippen LogP contribution in [0.25, 0.3) is 0 Å². The van der Waals surface area contributed by atoms with Gasteiger partial charge in [0.1, 0.15) is 0 Å². The van der Waals surface area contributed by atoms with Crippen LogP contribution in [0.15, 0.2) is 18.2 Å². The summed E-state index contributed by atoms with van der Waals surface area (Å²) in [7, 11) is 2.06. The van der Waals surface area contributed by atoms with E-state index in [4.69, 9.17) is 5.11 Å². The first-order valence-corrected chi connectivity index (χ1v) is 8.75. The topological polar surface area (TPSA) is 86.9 Å². The van der Waals surface area contributed by atoms with Crippen molar-refractivity contribution in [3.63, 3.8) is 0 Å². The van der Waals surface area contributed by atoms with Crippen molar-refractivity contribution in [3.8, 4) is 0 Å². The van der Waals surface area contributed by atoms with Crippen molar-refractivity contribution in [2.75, 3.05) is 33.3 Å². The van der Waals surface area contributed by atoms with Crippen LogP contribution in [0.2, 0.25) is 0 Å². The van der Waals surface area contributed by atoms with Crippen molar-refractivity contribution in [2.45, 2.75) is 38.6 Å². The molecule has 0 saturated carbocycles. The van der Waals surface area contributed by atoms with E-state index in [-0.39, 0.29) is 24.6 Å². The number of hydrogen-bond acceptors (Lipinski definition) is 5. The number of piperidine rings is 1. The lowest BCUT2D eigenvalue weighted by atomic mass is 10.0. The Morgan fingerprint density at radius 3 is 2.68 bits per heavy atom. The molecule has 1 N–H and O–H groups in total. The molecule has 1 aliphatic heterocycles. The van der Waals surface area contributed by atoms with Crippen LogP contribution >= 0.6 is 0 Å². The predicted molar refractivity (Wildman–Crippen MR) is 95.5 cm³/mol. The number of nitrogens with zero attached hydrogens (tertiary/aromatic N) is 3. The molecule has 1 heterocycles. The van der Waals surface area contributed by atoms with Gasteiger partial charge in [-0.3, -0.25) is 14.9 Å². The van der Waals surface area contributed by atoms with Crippen molar-refractivity contribution < 1.29 is 14.8 Å². The third-order valence-corrected chi connectivity index (χ3v) is 5.07. The van der Waals surface area contributed by atoms with E-state index in [1.54, 1.807) is 19.1 Å². The van der Waals surface area contributed by atoms with Gasteiger partial charge in [0.2, 0.25) is 5.91 Å². The largest absolute Gasteiger partial charge is 0.396 e. The van der Waals surface area contributed by atoms with Gasteiger partial charge < -0.3 is 14.9 Å². The number of aliphatic hydroxyl groups is 1. The predicted octanol–water partition coefficient (Wildman–Crippen LogP) is 1.75. The first-order valence-electron chi connectivity index (χ1n) is 8.75. The summed E-state index contributed by atoms with van der Waals surface area (Å²) in [5.74, 6) is 0.0278. The third-order valence-electron chi connectivity index (χ3n) is 5.07. The summed E-state index contributed by atoms with van der Waals surface area (Å²) >= 11 is 0. The second kappa shape index (κ2) is 8.92. The second-order valence-electron chi connectivity index (χ2n) is 6.66. The van der Waals surface area contributed by atoms with Gasteiger partial charge in [0.25, 0.3) is 5.69 Å². The Labute approximate surface area is 148 Å². The SMILES string of the molecule is Cc1c(CC(=O)N2CCC(N(C)CCCO)CC2)cccc1[N+](=O)[O-]. The normalized spacial score (nSPS) is 15.6. The molecule has 0 atom stereocenters. The fourth-order valence-electron chi connectivity index (χ4n) is 3.39. The number of hydrogen-bond donors (Lipinski definition) is 1. The minimum Gasteiger partial charge on any atom is -0.396 e. The van der Waals surface area contributed by atoms with Crippen molar-refractivity contribution in [3.05, 3.63) is 39.4 Å². The molecular formula is C18H27N3O4. The van der Waals surface area contributed by atoms with E-state index in [2.05, 4.69) is 11.9 Å². The molecule has 0 unspecified atom stereocenters. The van der Waals surface area contributed by atoms with Gasteiger partial charge >= 0.3 is 0 Å². The van der Waals surface area contributed by atoms with Crippen molar-refractivity contribution in [1.82, 2.24) is 9.80 Å². The Kier molecular flexibility index (Phi) is 6.90. The molecule has 7 nitrogen and oxygen atoms in total. The minimum absolute atomic E-state index is 0.0278. The Bertz CT molecular complexity index is 612. The van der Waals surface area contributed by atoms with E-state index in [0.29, 0.717) is 24.7 Å². The van der Waals surface area contributed by atoms with Gasteiger partial charge in [0.05, 0.1) is 11.3 Å². The summed E-state index contributed by atoms with van der Waals surface area (Å²) in [4.78, 5) is 27.3. The summed E-state index contributed by atoms with van der Waals surface area (Å²) in [5, 5.41) is 19.9. The number of nitro benzene ring substituents is 1. The zero-order valence-electron chi connectivity index (χ0n) is 15.0.